The summed E-state index contributed by atoms with van der Waals surface area (Å²) in [4.78, 5) is 24.7. The van der Waals surface area contributed by atoms with E-state index in [-0.39, 0.29) is 12.6 Å². The predicted octanol–water partition coefficient (Wildman–Crippen LogP) is 5.12. The number of hydrogen-bond acceptors (Lipinski definition) is 4. The van der Waals surface area contributed by atoms with Gasteiger partial charge in [-0.3, -0.25) is 4.79 Å². The van der Waals surface area contributed by atoms with Gasteiger partial charge in [0.15, 0.2) is 6.61 Å². The van der Waals surface area contributed by atoms with Gasteiger partial charge in [-0.1, -0.05) is 60.1 Å². The Bertz CT molecular complexity index is 992. The fourth-order valence-electron chi connectivity index (χ4n) is 2.84. The number of anilines is 2. The quantitative estimate of drug-likeness (QED) is 0.532. The number of ether oxygens (including phenoxy) is 1. The van der Waals surface area contributed by atoms with E-state index in [1.807, 2.05) is 61.5 Å². The minimum atomic E-state index is -0.579. The highest BCUT2D eigenvalue weighted by atomic mass is 35.5. The van der Waals surface area contributed by atoms with E-state index in [1.54, 1.807) is 24.3 Å². The highest BCUT2D eigenvalue weighted by molar-refractivity contribution is 6.31. The molecule has 1 atom stereocenters. The van der Waals surface area contributed by atoms with Crippen molar-refractivity contribution in [3.63, 3.8) is 0 Å². The number of rotatable bonds is 7. The maximum atomic E-state index is 12.5. The average molecular weight is 409 g/mol. The van der Waals surface area contributed by atoms with Crippen LogP contribution in [0.2, 0.25) is 5.02 Å². The van der Waals surface area contributed by atoms with Crippen LogP contribution in [0.3, 0.4) is 0 Å². The summed E-state index contributed by atoms with van der Waals surface area (Å²) >= 11 is 6.15. The molecule has 0 heterocycles. The highest BCUT2D eigenvalue weighted by Gasteiger charge is 2.16. The molecule has 5 nitrogen and oxygen atoms in total. The molecule has 2 N–H and O–H groups in total. The van der Waals surface area contributed by atoms with Crippen molar-refractivity contribution in [1.82, 2.24) is 5.32 Å². The molecule has 148 valence electrons. The van der Waals surface area contributed by atoms with Crippen molar-refractivity contribution in [2.75, 3.05) is 11.9 Å². The van der Waals surface area contributed by atoms with Gasteiger partial charge in [0.1, 0.15) is 0 Å². The average Bonchev–Trinajstić information content (AvgIpc) is 2.73. The van der Waals surface area contributed by atoms with E-state index in [1.165, 1.54) is 0 Å². The van der Waals surface area contributed by atoms with Crippen LogP contribution in [0.25, 0.3) is 0 Å². The Kier molecular flexibility index (Phi) is 6.87. The second-order valence-corrected chi connectivity index (χ2v) is 6.83. The minimum Gasteiger partial charge on any atom is -0.452 e. The molecule has 3 rings (SSSR count). The summed E-state index contributed by atoms with van der Waals surface area (Å²) in [5.41, 5.74) is 2.60. The van der Waals surface area contributed by atoms with Gasteiger partial charge >= 0.3 is 5.97 Å². The lowest BCUT2D eigenvalue weighted by molar-refractivity contribution is -0.124. The summed E-state index contributed by atoms with van der Waals surface area (Å²) in [7, 11) is 0. The molecule has 3 aromatic rings. The van der Waals surface area contributed by atoms with Crippen LogP contribution in [-0.4, -0.2) is 18.5 Å². The molecule has 0 radical (unpaired) electrons. The number of hydrogen-bond donors (Lipinski definition) is 2. The Labute approximate surface area is 174 Å². The molecule has 0 unspecified atom stereocenters. The van der Waals surface area contributed by atoms with E-state index in [4.69, 9.17) is 16.3 Å². The number of carbonyl (C=O) groups is 2. The second kappa shape index (κ2) is 9.75. The van der Waals surface area contributed by atoms with Crippen LogP contribution in [0.15, 0.2) is 78.9 Å². The molecular formula is C23H21ClN2O3. The van der Waals surface area contributed by atoms with Gasteiger partial charge in [0.25, 0.3) is 5.91 Å². The number of nitrogens with one attached hydrogen (secondary N) is 2. The van der Waals surface area contributed by atoms with E-state index in [0.29, 0.717) is 16.3 Å². The van der Waals surface area contributed by atoms with Crippen molar-refractivity contribution in [1.29, 1.82) is 0 Å². The maximum absolute atomic E-state index is 12.5. The SMILES string of the molecule is C[C@H](NC(=O)COC(=O)c1ccccc1Nc1ccccc1)c1ccccc1Cl. The molecule has 0 saturated carbocycles. The zero-order valence-corrected chi connectivity index (χ0v) is 16.6. The lowest BCUT2D eigenvalue weighted by Gasteiger charge is -2.16. The Hall–Kier alpha value is -3.31. The fraction of sp³-hybridized carbons (Fsp3) is 0.130. The largest absolute Gasteiger partial charge is 0.452 e. The van der Waals surface area contributed by atoms with Gasteiger partial charge in [0.05, 0.1) is 17.3 Å². The van der Waals surface area contributed by atoms with Crippen LogP contribution in [0, 0.1) is 0 Å². The summed E-state index contributed by atoms with van der Waals surface area (Å²) in [6.07, 6.45) is 0. The Morgan fingerprint density at radius 2 is 1.59 bits per heavy atom. The molecule has 0 spiro atoms. The Balaban J connectivity index is 1.59. The molecule has 0 bridgehead atoms. The van der Waals surface area contributed by atoms with Gasteiger partial charge in [-0.25, -0.2) is 4.79 Å². The molecule has 0 aliphatic heterocycles. The summed E-state index contributed by atoms with van der Waals surface area (Å²) in [6, 6.07) is 23.5. The van der Waals surface area contributed by atoms with E-state index in [2.05, 4.69) is 10.6 Å². The smallest absolute Gasteiger partial charge is 0.340 e. The van der Waals surface area contributed by atoms with Gasteiger partial charge in [-0.15, -0.1) is 0 Å². The van der Waals surface area contributed by atoms with E-state index < -0.39 is 11.9 Å². The lowest BCUT2D eigenvalue weighted by atomic mass is 10.1. The molecule has 29 heavy (non-hydrogen) atoms. The molecular weight excluding hydrogens is 388 g/mol. The number of benzene rings is 3. The number of amides is 1. The van der Waals surface area contributed by atoms with Crippen molar-refractivity contribution < 1.29 is 14.3 Å². The molecule has 0 aromatic heterocycles. The molecule has 0 saturated heterocycles. The standard InChI is InChI=1S/C23H21ClN2O3/c1-16(18-11-5-7-13-20(18)24)25-22(27)15-29-23(28)19-12-6-8-14-21(19)26-17-9-3-2-4-10-17/h2-14,16,26H,15H2,1H3,(H,25,27)/t16-/m0/s1. The van der Waals surface area contributed by atoms with E-state index in [0.717, 1.165) is 11.3 Å². The first-order chi connectivity index (χ1) is 14.0. The zero-order valence-electron chi connectivity index (χ0n) is 15.9. The van der Waals surface area contributed by atoms with Crippen molar-refractivity contribution in [3.05, 3.63) is 95.0 Å². The van der Waals surface area contributed by atoms with Crippen LogP contribution in [0.1, 0.15) is 28.9 Å². The van der Waals surface area contributed by atoms with Crippen molar-refractivity contribution in [2.45, 2.75) is 13.0 Å². The molecule has 0 fully saturated rings. The number of esters is 1. The fourth-order valence-corrected chi connectivity index (χ4v) is 3.14. The monoisotopic (exact) mass is 408 g/mol. The van der Waals surface area contributed by atoms with Crippen LogP contribution < -0.4 is 10.6 Å². The summed E-state index contributed by atoms with van der Waals surface area (Å²) in [5, 5.41) is 6.53. The number of para-hydroxylation sites is 2. The first-order valence-electron chi connectivity index (χ1n) is 9.16. The third-order valence-corrected chi connectivity index (χ3v) is 4.63. The summed E-state index contributed by atoms with van der Waals surface area (Å²) in [6.45, 7) is 1.44. The minimum absolute atomic E-state index is 0.304. The first kappa shape index (κ1) is 20.4. The summed E-state index contributed by atoms with van der Waals surface area (Å²) < 4.78 is 5.21. The third kappa shape index (κ3) is 5.59. The number of carbonyl (C=O) groups excluding carboxylic acids is 2. The van der Waals surface area contributed by atoms with E-state index in [9.17, 15) is 9.59 Å². The third-order valence-electron chi connectivity index (χ3n) is 4.28. The Morgan fingerprint density at radius 1 is 0.931 bits per heavy atom. The normalized spacial score (nSPS) is 11.4. The van der Waals surface area contributed by atoms with Gasteiger partial charge < -0.3 is 15.4 Å². The van der Waals surface area contributed by atoms with E-state index >= 15 is 0 Å². The van der Waals surface area contributed by atoms with Gasteiger partial charge in [-0.2, -0.15) is 0 Å². The number of halogens is 1. The molecule has 1 amide bonds. The van der Waals surface area contributed by atoms with Crippen molar-refractivity contribution in [2.24, 2.45) is 0 Å². The lowest BCUT2D eigenvalue weighted by Crippen LogP contribution is -2.31. The van der Waals surface area contributed by atoms with Gasteiger partial charge in [0.2, 0.25) is 0 Å². The van der Waals surface area contributed by atoms with Crippen LogP contribution in [0.4, 0.5) is 11.4 Å². The van der Waals surface area contributed by atoms with Crippen molar-refractivity contribution >= 4 is 34.9 Å². The van der Waals surface area contributed by atoms with Crippen LogP contribution >= 0.6 is 11.6 Å². The molecule has 0 aliphatic carbocycles. The zero-order chi connectivity index (χ0) is 20.6. The first-order valence-corrected chi connectivity index (χ1v) is 9.54. The predicted molar refractivity (Wildman–Crippen MR) is 114 cm³/mol. The maximum Gasteiger partial charge on any atom is 0.340 e. The van der Waals surface area contributed by atoms with Crippen LogP contribution in [-0.2, 0) is 9.53 Å². The van der Waals surface area contributed by atoms with Gasteiger partial charge in [0, 0.05) is 10.7 Å². The van der Waals surface area contributed by atoms with Crippen LogP contribution in [0.5, 0.6) is 0 Å². The second-order valence-electron chi connectivity index (χ2n) is 6.42. The molecule has 6 heteroatoms. The molecule has 0 aliphatic rings. The highest BCUT2D eigenvalue weighted by Crippen LogP contribution is 2.23. The van der Waals surface area contributed by atoms with Gasteiger partial charge in [-0.05, 0) is 42.8 Å². The topological polar surface area (TPSA) is 67.4 Å². The van der Waals surface area contributed by atoms with Crippen molar-refractivity contribution in [3.8, 4) is 0 Å². The molecule has 3 aromatic carbocycles. The summed E-state index contributed by atoms with van der Waals surface area (Å²) in [5.74, 6) is -0.983. The Morgan fingerprint density at radius 3 is 2.34 bits per heavy atom.